The predicted octanol–water partition coefficient (Wildman–Crippen LogP) is 2.92. The molecule has 0 saturated carbocycles. The first-order chi connectivity index (χ1) is 26.0. The van der Waals surface area contributed by atoms with E-state index in [1.54, 1.807) is 0 Å². The summed E-state index contributed by atoms with van der Waals surface area (Å²) in [5.74, 6) is -0.948. The van der Waals surface area contributed by atoms with E-state index in [0.29, 0.717) is 12.8 Å². The summed E-state index contributed by atoms with van der Waals surface area (Å²) in [6.45, 7) is 2.38. The zero-order chi connectivity index (χ0) is 39.7. The van der Waals surface area contributed by atoms with Crippen LogP contribution in [0.15, 0.2) is 0 Å². The topological polar surface area (TPSA) is 231 Å². The maximum Gasteiger partial charge on any atom is 0.306 e. The van der Waals surface area contributed by atoms with E-state index in [2.05, 4.69) is 6.92 Å². The second kappa shape index (κ2) is 28.8. The molecule has 7 N–H and O–H groups in total. The van der Waals surface area contributed by atoms with E-state index in [-0.39, 0.29) is 26.1 Å². The number of hydrogen-bond donors (Lipinski definition) is 7. The number of rotatable bonds is 30. The van der Waals surface area contributed by atoms with Gasteiger partial charge in [-0.2, -0.15) is 0 Å². The Kier molecular flexibility index (Phi) is 26.0. The Morgan fingerprint density at radius 3 is 1.48 bits per heavy atom. The summed E-state index contributed by atoms with van der Waals surface area (Å²) < 4.78 is 33.1. The fourth-order valence-corrected chi connectivity index (χ4v) is 6.57. The van der Waals surface area contributed by atoms with Gasteiger partial charge in [0.05, 0.1) is 19.8 Å². The zero-order valence-corrected chi connectivity index (χ0v) is 32.7. The van der Waals surface area contributed by atoms with E-state index in [1.807, 2.05) is 6.92 Å². The van der Waals surface area contributed by atoms with E-state index in [4.69, 9.17) is 28.4 Å². The molecule has 318 valence electrons. The Labute approximate surface area is 321 Å². The van der Waals surface area contributed by atoms with E-state index < -0.39 is 92.7 Å². The first kappa shape index (κ1) is 48.6. The summed E-state index contributed by atoms with van der Waals surface area (Å²) in [6, 6.07) is 0. The van der Waals surface area contributed by atoms with Crippen molar-refractivity contribution in [3.8, 4) is 0 Å². The van der Waals surface area contributed by atoms with Gasteiger partial charge in [-0.3, -0.25) is 9.59 Å². The number of aliphatic hydroxyl groups is 7. The standard InChI is InChI=1S/C39H72O15/c1-3-5-7-8-9-10-11-12-13-14-15-16-17-18-20-22-31(42)52-27(24-49-30(41)21-19-6-4-2)25-50-38-37(48)35(46)33(44)29(54-38)26-51-39-36(47)34(45)32(43)28(23-40)53-39/h27-29,32-40,43-48H,3-26H2,1-2H3. The number of hydrogen-bond acceptors (Lipinski definition) is 15. The van der Waals surface area contributed by atoms with E-state index in [0.717, 1.165) is 32.1 Å². The minimum absolute atomic E-state index is 0.171. The SMILES string of the molecule is CCCCCCCCCCCCCCCCCC(=O)OC(COC(=O)CCCCC)COC1OC(COC2OC(CO)C(O)C(O)C2O)C(O)C(O)C1O. The van der Waals surface area contributed by atoms with E-state index in [1.165, 1.54) is 70.6 Å². The largest absolute Gasteiger partial charge is 0.462 e. The molecule has 0 aromatic heterocycles. The lowest BCUT2D eigenvalue weighted by Gasteiger charge is -2.42. The quantitative estimate of drug-likeness (QED) is 0.0411. The van der Waals surface area contributed by atoms with Crippen LogP contribution in [-0.4, -0.2) is 142 Å². The average Bonchev–Trinajstić information content (AvgIpc) is 3.16. The monoisotopic (exact) mass is 780 g/mol. The second-order valence-electron chi connectivity index (χ2n) is 14.8. The van der Waals surface area contributed by atoms with Gasteiger partial charge < -0.3 is 64.2 Å². The van der Waals surface area contributed by atoms with Gasteiger partial charge in [-0.1, -0.05) is 117 Å². The summed E-state index contributed by atoms with van der Waals surface area (Å²) in [5.41, 5.74) is 0. The maximum absolute atomic E-state index is 12.8. The van der Waals surface area contributed by atoms with Gasteiger partial charge in [-0.25, -0.2) is 0 Å². The van der Waals surface area contributed by atoms with Gasteiger partial charge in [-0.15, -0.1) is 0 Å². The van der Waals surface area contributed by atoms with Crippen molar-refractivity contribution in [1.29, 1.82) is 0 Å². The summed E-state index contributed by atoms with van der Waals surface area (Å²) in [6.07, 6.45) is 4.03. The van der Waals surface area contributed by atoms with Gasteiger partial charge in [0.1, 0.15) is 55.4 Å². The molecule has 2 aliphatic rings. The van der Waals surface area contributed by atoms with Crippen molar-refractivity contribution in [2.45, 2.75) is 210 Å². The van der Waals surface area contributed by atoms with Gasteiger partial charge in [0.25, 0.3) is 0 Å². The van der Waals surface area contributed by atoms with Crippen molar-refractivity contribution >= 4 is 11.9 Å². The number of aliphatic hydroxyl groups excluding tert-OH is 7. The molecule has 54 heavy (non-hydrogen) atoms. The highest BCUT2D eigenvalue weighted by Crippen LogP contribution is 2.26. The summed E-state index contributed by atoms with van der Waals surface area (Å²) in [4.78, 5) is 25.1. The predicted molar refractivity (Wildman–Crippen MR) is 197 cm³/mol. The average molecular weight is 781 g/mol. The Morgan fingerprint density at radius 1 is 0.519 bits per heavy atom. The number of esters is 2. The van der Waals surface area contributed by atoms with Crippen LogP contribution in [0.1, 0.15) is 142 Å². The van der Waals surface area contributed by atoms with Gasteiger partial charge >= 0.3 is 11.9 Å². The van der Waals surface area contributed by atoms with Crippen LogP contribution in [0, 0.1) is 0 Å². The van der Waals surface area contributed by atoms with Crippen LogP contribution in [0.5, 0.6) is 0 Å². The molecular weight excluding hydrogens is 708 g/mol. The summed E-state index contributed by atoms with van der Waals surface area (Å²) in [5, 5.41) is 71.4. The third-order valence-corrected chi connectivity index (χ3v) is 10.1. The number of unbranched alkanes of at least 4 members (excludes halogenated alkanes) is 16. The minimum atomic E-state index is -1.75. The summed E-state index contributed by atoms with van der Waals surface area (Å²) >= 11 is 0. The maximum atomic E-state index is 12.8. The summed E-state index contributed by atoms with van der Waals surface area (Å²) in [7, 11) is 0. The molecular formula is C39H72O15. The van der Waals surface area contributed by atoms with Gasteiger partial charge in [-0.05, 0) is 12.8 Å². The van der Waals surface area contributed by atoms with E-state index in [9.17, 15) is 45.3 Å². The molecule has 2 aliphatic heterocycles. The van der Waals surface area contributed by atoms with E-state index >= 15 is 0 Å². The van der Waals surface area contributed by atoms with Crippen LogP contribution in [-0.2, 0) is 38.0 Å². The normalized spacial score (nSPS) is 29.2. The molecule has 11 atom stereocenters. The molecule has 0 spiro atoms. The highest BCUT2D eigenvalue weighted by Gasteiger charge is 2.47. The minimum Gasteiger partial charge on any atom is -0.462 e. The molecule has 15 nitrogen and oxygen atoms in total. The molecule has 0 radical (unpaired) electrons. The molecule has 11 unspecified atom stereocenters. The zero-order valence-electron chi connectivity index (χ0n) is 32.7. The van der Waals surface area contributed by atoms with Crippen molar-refractivity contribution in [1.82, 2.24) is 0 Å². The lowest BCUT2D eigenvalue weighted by molar-refractivity contribution is -0.332. The van der Waals surface area contributed by atoms with Crippen molar-refractivity contribution < 1.29 is 73.8 Å². The number of ether oxygens (including phenoxy) is 6. The lowest BCUT2D eigenvalue weighted by atomic mass is 9.98. The van der Waals surface area contributed by atoms with Crippen LogP contribution in [0.25, 0.3) is 0 Å². The van der Waals surface area contributed by atoms with Crippen LogP contribution >= 0.6 is 0 Å². The number of carbonyl (C=O) groups is 2. The van der Waals surface area contributed by atoms with Crippen molar-refractivity contribution in [3.63, 3.8) is 0 Å². The first-order valence-electron chi connectivity index (χ1n) is 20.6. The smallest absolute Gasteiger partial charge is 0.306 e. The van der Waals surface area contributed by atoms with Crippen LogP contribution in [0.3, 0.4) is 0 Å². The molecule has 0 aliphatic carbocycles. The highest BCUT2D eigenvalue weighted by molar-refractivity contribution is 5.70. The highest BCUT2D eigenvalue weighted by atomic mass is 16.7. The third kappa shape index (κ3) is 18.6. The molecule has 2 saturated heterocycles. The van der Waals surface area contributed by atoms with Crippen molar-refractivity contribution in [3.05, 3.63) is 0 Å². The first-order valence-corrected chi connectivity index (χ1v) is 20.6. The fourth-order valence-electron chi connectivity index (χ4n) is 6.57. The van der Waals surface area contributed by atoms with Gasteiger partial charge in [0.15, 0.2) is 18.7 Å². The third-order valence-electron chi connectivity index (χ3n) is 10.1. The van der Waals surface area contributed by atoms with Crippen LogP contribution in [0.4, 0.5) is 0 Å². The molecule has 0 aromatic rings. The van der Waals surface area contributed by atoms with Gasteiger partial charge in [0.2, 0.25) is 0 Å². The Morgan fingerprint density at radius 2 is 0.944 bits per heavy atom. The molecule has 2 heterocycles. The molecule has 2 rings (SSSR count). The second-order valence-corrected chi connectivity index (χ2v) is 14.8. The molecule has 0 bridgehead atoms. The van der Waals surface area contributed by atoms with Crippen LogP contribution in [0.2, 0.25) is 0 Å². The number of carbonyl (C=O) groups excluding carboxylic acids is 2. The molecule has 2 fully saturated rings. The fraction of sp³-hybridized carbons (Fsp3) is 0.949. The lowest BCUT2D eigenvalue weighted by Crippen LogP contribution is -2.61. The molecule has 0 aromatic carbocycles. The Bertz CT molecular complexity index is 970. The Hall–Kier alpha value is -1.50. The van der Waals surface area contributed by atoms with Gasteiger partial charge in [0, 0.05) is 12.8 Å². The molecule has 15 heteroatoms. The van der Waals surface area contributed by atoms with Crippen molar-refractivity contribution in [2.24, 2.45) is 0 Å². The Balaban J connectivity index is 1.80. The van der Waals surface area contributed by atoms with Crippen molar-refractivity contribution in [2.75, 3.05) is 26.4 Å². The van der Waals surface area contributed by atoms with Crippen LogP contribution < -0.4 is 0 Å². The molecule has 0 amide bonds.